The SMILES string of the molecule is CCC(=O)N1CCC[C@]1(C(=O)O)c1ccccc1. The number of carboxylic acid groups (broad SMARTS) is 1. The summed E-state index contributed by atoms with van der Waals surface area (Å²) in [4.78, 5) is 25.2. The number of carboxylic acids is 1. The minimum absolute atomic E-state index is 0.0984. The maximum atomic E-state index is 12.0. The number of nitrogens with zero attached hydrogens (tertiary/aromatic N) is 1. The first-order chi connectivity index (χ1) is 8.63. The standard InChI is InChI=1S/C14H17NO3/c1-2-12(16)15-10-6-9-14(15,13(17)18)11-7-4-3-5-8-11/h3-5,7-8H,2,6,9-10H2,1H3,(H,17,18)/t14-/m1/s1. The number of likely N-dealkylation sites (tertiary alicyclic amines) is 1. The van der Waals surface area contributed by atoms with Crippen molar-refractivity contribution in [3.05, 3.63) is 35.9 Å². The van der Waals surface area contributed by atoms with E-state index in [1.165, 1.54) is 4.90 Å². The fraction of sp³-hybridized carbons (Fsp3) is 0.429. The Bertz CT molecular complexity index is 457. The highest BCUT2D eigenvalue weighted by atomic mass is 16.4. The normalized spacial score (nSPS) is 23.1. The van der Waals surface area contributed by atoms with E-state index in [2.05, 4.69) is 0 Å². The highest BCUT2D eigenvalue weighted by molar-refractivity contribution is 5.88. The van der Waals surface area contributed by atoms with Crippen LogP contribution in [0.2, 0.25) is 0 Å². The lowest BCUT2D eigenvalue weighted by molar-refractivity contribution is -0.157. The molecule has 4 heteroatoms. The largest absolute Gasteiger partial charge is 0.479 e. The third kappa shape index (κ3) is 1.78. The maximum absolute atomic E-state index is 12.0. The number of hydrogen-bond donors (Lipinski definition) is 1. The molecule has 0 unspecified atom stereocenters. The van der Waals surface area contributed by atoms with Crippen LogP contribution in [-0.4, -0.2) is 28.4 Å². The summed E-state index contributed by atoms with van der Waals surface area (Å²) in [5.41, 5.74) is -0.481. The minimum Gasteiger partial charge on any atom is -0.479 e. The number of aliphatic carboxylic acids is 1. The predicted molar refractivity (Wildman–Crippen MR) is 67.0 cm³/mol. The van der Waals surface area contributed by atoms with Gasteiger partial charge in [-0.1, -0.05) is 37.3 Å². The Morgan fingerprint density at radius 1 is 1.33 bits per heavy atom. The molecule has 1 aliphatic heterocycles. The smallest absolute Gasteiger partial charge is 0.334 e. The van der Waals surface area contributed by atoms with E-state index in [4.69, 9.17) is 0 Å². The van der Waals surface area contributed by atoms with Crippen LogP contribution in [-0.2, 0) is 15.1 Å². The van der Waals surface area contributed by atoms with Crippen molar-refractivity contribution in [3.63, 3.8) is 0 Å². The van der Waals surface area contributed by atoms with Gasteiger partial charge < -0.3 is 10.0 Å². The van der Waals surface area contributed by atoms with Crippen molar-refractivity contribution < 1.29 is 14.7 Å². The Morgan fingerprint density at radius 3 is 2.56 bits per heavy atom. The van der Waals surface area contributed by atoms with Gasteiger partial charge in [-0.25, -0.2) is 4.79 Å². The van der Waals surface area contributed by atoms with Gasteiger partial charge in [0.05, 0.1) is 0 Å². The zero-order valence-corrected chi connectivity index (χ0v) is 10.4. The Balaban J connectivity index is 2.50. The summed E-state index contributed by atoms with van der Waals surface area (Å²) in [5.74, 6) is -1.04. The molecule has 1 heterocycles. The quantitative estimate of drug-likeness (QED) is 0.888. The first kappa shape index (κ1) is 12.6. The molecule has 0 bridgehead atoms. The molecule has 1 amide bonds. The van der Waals surface area contributed by atoms with Crippen molar-refractivity contribution in [2.75, 3.05) is 6.54 Å². The number of rotatable bonds is 3. The van der Waals surface area contributed by atoms with Crippen molar-refractivity contribution in [2.24, 2.45) is 0 Å². The van der Waals surface area contributed by atoms with Crippen molar-refractivity contribution in [2.45, 2.75) is 31.7 Å². The molecule has 1 saturated heterocycles. The van der Waals surface area contributed by atoms with Gasteiger partial charge in [0.15, 0.2) is 5.54 Å². The van der Waals surface area contributed by atoms with E-state index in [1.807, 2.05) is 18.2 Å². The third-order valence-electron chi connectivity index (χ3n) is 3.59. The molecule has 0 spiro atoms. The van der Waals surface area contributed by atoms with E-state index in [-0.39, 0.29) is 5.91 Å². The van der Waals surface area contributed by atoms with Gasteiger partial charge in [0.1, 0.15) is 0 Å². The first-order valence-electron chi connectivity index (χ1n) is 6.22. The zero-order chi connectivity index (χ0) is 13.2. The Kier molecular flexibility index (Phi) is 3.36. The summed E-state index contributed by atoms with van der Waals surface area (Å²) in [6.45, 7) is 2.28. The van der Waals surface area contributed by atoms with Gasteiger partial charge in [0.25, 0.3) is 0 Å². The van der Waals surface area contributed by atoms with Crippen LogP contribution in [0.15, 0.2) is 30.3 Å². The minimum atomic E-state index is -1.17. The van der Waals surface area contributed by atoms with Crippen LogP contribution in [0.5, 0.6) is 0 Å². The van der Waals surface area contributed by atoms with Crippen LogP contribution in [0.25, 0.3) is 0 Å². The van der Waals surface area contributed by atoms with Gasteiger partial charge >= 0.3 is 5.97 Å². The van der Waals surface area contributed by atoms with Gasteiger partial charge in [-0.3, -0.25) is 4.79 Å². The summed E-state index contributed by atoms with van der Waals surface area (Å²) < 4.78 is 0. The number of benzene rings is 1. The second kappa shape index (κ2) is 4.80. The van der Waals surface area contributed by atoms with E-state index >= 15 is 0 Å². The molecule has 1 aromatic rings. The molecule has 0 aliphatic carbocycles. The lowest BCUT2D eigenvalue weighted by Crippen LogP contribution is -2.50. The molecule has 4 nitrogen and oxygen atoms in total. The van der Waals surface area contributed by atoms with Crippen LogP contribution >= 0.6 is 0 Å². The van der Waals surface area contributed by atoms with Crippen molar-refractivity contribution in [3.8, 4) is 0 Å². The number of hydrogen-bond acceptors (Lipinski definition) is 2. The number of amides is 1. The van der Waals surface area contributed by atoms with Crippen LogP contribution in [0.3, 0.4) is 0 Å². The average Bonchev–Trinajstić information content (AvgIpc) is 2.84. The molecule has 1 fully saturated rings. The number of carbonyl (C=O) groups is 2. The third-order valence-corrected chi connectivity index (χ3v) is 3.59. The second-order valence-electron chi connectivity index (χ2n) is 4.53. The van der Waals surface area contributed by atoms with Gasteiger partial charge in [0.2, 0.25) is 5.91 Å². The molecule has 1 atom stereocenters. The predicted octanol–water partition coefficient (Wildman–Crippen LogP) is 2.00. The topological polar surface area (TPSA) is 57.6 Å². The molecule has 2 rings (SSSR count). The zero-order valence-electron chi connectivity index (χ0n) is 10.4. The fourth-order valence-electron chi connectivity index (χ4n) is 2.71. The van der Waals surface area contributed by atoms with E-state index in [9.17, 15) is 14.7 Å². The maximum Gasteiger partial charge on any atom is 0.334 e. The van der Waals surface area contributed by atoms with E-state index in [0.29, 0.717) is 24.9 Å². The molecule has 1 aromatic carbocycles. The van der Waals surface area contributed by atoms with E-state index in [0.717, 1.165) is 6.42 Å². The molecule has 18 heavy (non-hydrogen) atoms. The molecular formula is C14H17NO3. The summed E-state index contributed by atoms with van der Waals surface area (Å²) in [7, 11) is 0. The summed E-state index contributed by atoms with van der Waals surface area (Å²) in [6, 6.07) is 9.05. The Hall–Kier alpha value is -1.84. The number of carbonyl (C=O) groups excluding carboxylic acids is 1. The monoisotopic (exact) mass is 247 g/mol. The fourth-order valence-corrected chi connectivity index (χ4v) is 2.71. The molecule has 96 valence electrons. The van der Waals surface area contributed by atoms with Crippen LogP contribution in [0, 0.1) is 0 Å². The molecular weight excluding hydrogens is 230 g/mol. The van der Waals surface area contributed by atoms with Gasteiger partial charge in [-0.2, -0.15) is 0 Å². The van der Waals surface area contributed by atoms with Crippen LogP contribution in [0.1, 0.15) is 31.7 Å². The van der Waals surface area contributed by atoms with Crippen molar-refractivity contribution in [1.29, 1.82) is 0 Å². The van der Waals surface area contributed by atoms with Crippen LogP contribution < -0.4 is 0 Å². The van der Waals surface area contributed by atoms with Crippen molar-refractivity contribution in [1.82, 2.24) is 4.90 Å². The molecule has 0 radical (unpaired) electrons. The molecule has 1 aliphatic rings. The van der Waals surface area contributed by atoms with Gasteiger partial charge in [-0.15, -0.1) is 0 Å². The van der Waals surface area contributed by atoms with Crippen LogP contribution in [0.4, 0.5) is 0 Å². The Labute approximate surface area is 106 Å². The summed E-state index contributed by atoms with van der Waals surface area (Å²) in [6.07, 6.45) is 1.55. The first-order valence-corrected chi connectivity index (χ1v) is 6.22. The highest BCUT2D eigenvalue weighted by Gasteiger charge is 2.50. The molecule has 0 aromatic heterocycles. The van der Waals surface area contributed by atoms with Gasteiger partial charge in [0, 0.05) is 13.0 Å². The van der Waals surface area contributed by atoms with E-state index < -0.39 is 11.5 Å². The lowest BCUT2D eigenvalue weighted by atomic mass is 9.87. The van der Waals surface area contributed by atoms with Crippen molar-refractivity contribution >= 4 is 11.9 Å². The Morgan fingerprint density at radius 2 is 2.00 bits per heavy atom. The summed E-state index contributed by atoms with van der Waals surface area (Å²) in [5, 5.41) is 9.64. The van der Waals surface area contributed by atoms with Gasteiger partial charge in [-0.05, 0) is 18.4 Å². The van der Waals surface area contributed by atoms with E-state index in [1.54, 1.807) is 19.1 Å². The second-order valence-corrected chi connectivity index (χ2v) is 4.53. The molecule has 1 N–H and O–H groups in total. The lowest BCUT2D eigenvalue weighted by Gasteiger charge is -2.35. The highest BCUT2D eigenvalue weighted by Crippen LogP contribution is 2.39. The summed E-state index contributed by atoms with van der Waals surface area (Å²) >= 11 is 0. The average molecular weight is 247 g/mol. The molecule has 0 saturated carbocycles.